The lowest BCUT2D eigenvalue weighted by molar-refractivity contribution is -0.118. The number of anilines is 2. The first-order valence-electron chi connectivity index (χ1n) is 10.5. The second kappa shape index (κ2) is 8.36. The number of amides is 1. The molecule has 0 atom stereocenters. The molecule has 0 bridgehead atoms. The van der Waals surface area contributed by atoms with E-state index >= 15 is 0 Å². The van der Waals surface area contributed by atoms with Gasteiger partial charge in [-0.1, -0.05) is 0 Å². The van der Waals surface area contributed by atoms with E-state index in [9.17, 15) is 4.79 Å². The Hall–Kier alpha value is -3.06. The second-order valence-corrected chi connectivity index (χ2v) is 7.71. The molecule has 0 unspecified atom stereocenters. The van der Waals surface area contributed by atoms with E-state index in [4.69, 9.17) is 13.9 Å². The fourth-order valence-electron chi connectivity index (χ4n) is 4.12. The number of nitrogens with one attached hydrogen (secondary N) is 1. The highest BCUT2D eigenvalue weighted by atomic mass is 16.5. The minimum Gasteiger partial charge on any atom is -0.484 e. The molecule has 1 fully saturated rings. The lowest BCUT2D eigenvalue weighted by Crippen LogP contribution is -2.36. The Morgan fingerprint density at radius 2 is 2.00 bits per heavy atom. The molecule has 1 aliphatic carbocycles. The van der Waals surface area contributed by atoms with Crippen molar-refractivity contribution in [2.45, 2.75) is 25.7 Å². The molecule has 1 aliphatic heterocycles. The van der Waals surface area contributed by atoms with Gasteiger partial charge >= 0.3 is 0 Å². The number of pyridine rings is 1. The van der Waals surface area contributed by atoms with Crippen LogP contribution in [0.4, 0.5) is 11.5 Å². The molecule has 2 aliphatic rings. The number of hydrogen-bond acceptors (Lipinski definition) is 6. The van der Waals surface area contributed by atoms with Crippen LogP contribution in [-0.4, -0.2) is 43.8 Å². The summed E-state index contributed by atoms with van der Waals surface area (Å²) in [4.78, 5) is 18.9. The number of rotatable bonds is 5. The van der Waals surface area contributed by atoms with Gasteiger partial charge in [0, 0.05) is 30.5 Å². The van der Waals surface area contributed by atoms with Crippen LogP contribution in [0.1, 0.15) is 24.2 Å². The van der Waals surface area contributed by atoms with E-state index in [2.05, 4.69) is 15.2 Å². The summed E-state index contributed by atoms with van der Waals surface area (Å²) in [5, 5.41) is 3.94. The number of aromatic nitrogens is 1. The molecule has 3 aromatic rings. The van der Waals surface area contributed by atoms with Crippen molar-refractivity contribution in [1.29, 1.82) is 0 Å². The molecule has 1 saturated heterocycles. The first-order chi connectivity index (χ1) is 14.8. The van der Waals surface area contributed by atoms with Gasteiger partial charge in [0.2, 0.25) is 0 Å². The highest BCUT2D eigenvalue weighted by Crippen LogP contribution is 2.33. The van der Waals surface area contributed by atoms with Gasteiger partial charge in [-0.15, -0.1) is 0 Å². The lowest BCUT2D eigenvalue weighted by Gasteiger charge is -2.27. The molecule has 0 radical (unpaired) electrons. The van der Waals surface area contributed by atoms with E-state index in [-0.39, 0.29) is 12.5 Å². The third-order valence-electron chi connectivity index (χ3n) is 5.66. The van der Waals surface area contributed by atoms with Gasteiger partial charge in [0.05, 0.1) is 25.1 Å². The molecule has 0 spiro atoms. The van der Waals surface area contributed by atoms with E-state index in [1.165, 1.54) is 18.4 Å². The predicted molar refractivity (Wildman–Crippen MR) is 114 cm³/mol. The van der Waals surface area contributed by atoms with Crippen molar-refractivity contribution >= 4 is 28.4 Å². The number of carbonyl (C=O) groups is 1. The van der Waals surface area contributed by atoms with Gasteiger partial charge in [-0.25, -0.2) is 4.98 Å². The molecule has 1 aromatic carbocycles. The first kappa shape index (κ1) is 18.9. The number of carbonyl (C=O) groups excluding carboxylic acids is 1. The fourth-order valence-corrected chi connectivity index (χ4v) is 4.12. The van der Waals surface area contributed by atoms with Crippen LogP contribution in [0.5, 0.6) is 5.75 Å². The standard InChI is InChI=1S/C23H25N3O4/c27-23(25-16-5-8-22(24-14-16)26-9-11-28-12-10-26)15-29-17-6-7-21-19(13-17)18-3-1-2-4-20(18)30-21/h5-8,13-14H,1-4,9-12,15H2,(H,25,27). The number of aryl methyl sites for hydroxylation is 2. The van der Waals surface area contributed by atoms with E-state index < -0.39 is 0 Å². The van der Waals surface area contributed by atoms with Gasteiger partial charge in [-0.2, -0.15) is 0 Å². The third kappa shape index (κ3) is 3.98. The maximum atomic E-state index is 12.3. The SMILES string of the molecule is O=C(COc1ccc2oc3c(c2c1)CCCC3)Nc1ccc(N2CCOCC2)nc1. The number of fused-ring (bicyclic) bond motifs is 3. The summed E-state index contributed by atoms with van der Waals surface area (Å²) in [5.41, 5.74) is 2.84. The summed E-state index contributed by atoms with van der Waals surface area (Å²) in [5.74, 6) is 2.45. The average molecular weight is 407 g/mol. The largest absolute Gasteiger partial charge is 0.484 e. The van der Waals surface area contributed by atoms with Crippen LogP contribution < -0.4 is 15.0 Å². The van der Waals surface area contributed by atoms with E-state index in [1.807, 2.05) is 30.3 Å². The highest BCUT2D eigenvalue weighted by molar-refractivity contribution is 5.92. The van der Waals surface area contributed by atoms with Crippen molar-refractivity contribution < 1.29 is 18.7 Å². The number of benzene rings is 1. The molecule has 7 heteroatoms. The Labute approximate surface area is 175 Å². The van der Waals surface area contributed by atoms with Crippen molar-refractivity contribution in [1.82, 2.24) is 4.98 Å². The van der Waals surface area contributed by atoms with Gasteiger partial charge < -0.3 is 24.1 Å². The monoisotopic (exact) mass is 407 g/mol. The summed E-state index contributed by atoms with van der Waals surface area (Å²) >= 11 is 0. The normalized spacial score (nSPS) is 16.3. The molecule has 1 N–H and O–H groups in total. The van der Waals surface area contributed by atoms with E-state index in [0.29, 0.717) is 24.7 Å². The van der Waals surface area contributed by atoms with Gasteiger partial charge in [-0.05, 0) is 49.6 Å². The smallest absolute Gasteiger partial charge is 0.262 e. The number of nitrogens with zero attached hydrogens (tertiary/aromatic N) is 2. The molecule has 7 nitrogen and oxygen atoms in total. The summed E-state index contributed by atoms with van der Waals surface area (Å²) in [6.07, 6.45) is 6.08. The van der Waals surface area contributed by atoms with Crippen LogP contribution in [-0.2, 0) is 22.4 Å². The predicted octanol–water partition coefficient (Wildman–Crippen LogP) is 3.56. The first-order valence-corrected chi connectivity index (χ1v) is 10.5. The summed E-state index contributed by atoms with van der Waals surface area (Å²) in [6.45, 7) is 3.03. The summed E-state index contributed by atoms with van der Waals surface area (Å²) < 4.78 is 17.0. The Kier molecular flexibility index (Phi) is 5.27. The molecule has 0 saturated carbocycles. The topological polar surface area (TPSA) is 76.8 Å². The van der Waals surface area contributed by atoms with Crippen LogP contribution in [0.15, 0.2) is 40.9 Å². The van der Waals surface area contributed by atoms with Crippen LogP contribution in [0, 0.1) is 0 Å². The molecule has 30 heavy (non-hydrogen) atoms. The molecule has 1 amide bonds. The zero-order chi connectivity index (χ0) is 20.3. The van der Waals surface area contributed by atoms with Crippen molar-refractivity contribution in [3.8, 4) is 5.75 Å². The molecule has 2 aromatic heterocycles. The van der Waals surface area contributed by atoms with Crippen molar-refractivity contribution in [2.24, 2.45) is 0 Å². The number of ether oxygens (including phenoxy) is 2. The Morgan fingerprint density at radius 3 is 2.83 bits per heavy atom. The van der Waals surface area contributed by atoms with Crippen LogP contribution >= 0.6 is 0 Å². The molecular formula is C23H25N3O4. The van der Waals surface area contributed by atoms with E-state index in [1.54, 1.807) is 6.20 Å². The summed E-state index contributed by atoms with van der Waals surface area (Å²) in [7, 11) is 0. The lowest BCUT2D eigenvalue weighted by atomic mass is 9.96. The molecule has 5 rings (SSSR count). The maximum absolute atomic E-state index is 12.3. The third-order valence-corrected chi connectivity index (χ3v) is 5.66. The van der Waals surface area contributed by atoms with Gasteiger partial charge in [0.1, 0.15) is 22.9 Å². The number of furan rings is 1. The van der Waals surface area contributed by atoms with Crippen LogP contribution in [0.25, 0.3) is 11.0 Å². The van der Waals surface area contributed by atoms with Crippen molar-refractivity contribution in [3.63, 3.8) is 0 Å². The minimum absolute atomic E-state index is 0.0588. The van der Waals surface area contributed by atoms with Gasteiger partial charge in [0.25, 0.3) is 5.91 Å². The van der Waals surface area contributed by atoms with Gasteiger partial charge in [-0.3, -0.25) is 4.79 Å². The van der Waals surface area contributed by atoms with Crippen LogP contribution in [0.3, 0.4) is 0 Å². The fraction of sp³-hybridized carbons (Fsp3) is 0.391. The molecule has 156 valence electrons. The minimum atomic E-state index is -0.217. The quantitative estimate of drug-likeness (QED) is 0.697. The zero-order valence-corrected chi connectivity index (χ0v) is 16.9. The maximum Gasteiger partial charge on any atom is 0.262 e. The summed E-state index contributed by atoms with van der Waals surface area (Å²) in [6, 6.07) is 9.53. The number of morpholine rings is 1. The Morgan fingerprint density at radius 1 is 1.13 bits per heavy atom. The number of hydrogen-bond donors (Lipinski definition) is 1. The zero-order valence-electron chi connectivity index (χ0n) is 16.9. The van der Waals surface area contributed by atoms with Crippen molar-refractivity contribution in [3.05, 3.63) is 47.9 Å². The highest BCUT2D eigenvalue weighted by Gasteiger charge is 2.18. The van der Waals surface area contributed by atoms with Crippen molar-refractivity contribution in [2.75, 3.05) is 43.1 Å². The molecular weight excluding hydrogens is 382 g/mol. The van der Waals surface area contributed by atoms with Gasteiger partial charge in [0.15, 0.2) is 6.61 Å². The Bertz CT molecular complexity index is 1040. The Balaban J connectivity index is 1.19. The average Bonchev–Trinajstić information content (AvgIpc) is 3.17. The van der Waals surface area contributed by atoms with Crippen LogP contribution in [0.2, 0.25) is 0 Å². The molecule has 3 heterocycles. The van der Waals surface area contributed by atoms with E-state index in [0.717, 1.165) is 48.5 Å². The second-order valence-electron chi connectivity index (χ2n) is 7.71.